The quantitative estimate of drug-likeness (QED) is 0.0482. The van der Waals surface area contributed by atoms with Crippen molar-refractivity contribution in [3.8, 4) is 0 Å². The van der Waals surface area contributed by atoms with Gasteiger partial charge in [0.2, 0.25) is 41.4 Å². The number of nitrogens with two attached hydrogens (primary N) is 2. The molecule has 0 fully saturated rings. The lowest BCUT2D eigenvalue weighted by Gasteiger charge is -2.29. The van der Waals surface area contributed by atoms with Gasteiger partial charge in [-0.3, -0.25) is 38.4 Å². The summed E-state index contributed by atoms with van der Waals surface area (Å²) in [6, 6.07) is -7.32. The van der Waals surface area contributed by atoms with Gasteiger partial charge in [-0.2, -0.15) is 0 Å². The smallest absolute Gasteiger partial charge is 0.322 e. The fraction of sp³-hybridized carbons (Fsp3) is 0.800. The molecule has 12 N–H and O–H groups in total. The Balaban J connectivity index is 6.30. The molecule has 0 aliphatic rings. The number of rotatable bonds is 28. The Morgan fingerprint density at radius 1 is 0.534 bits per heavy atom. The number of hydrogen-bond acceptors (Lipinski definition) is 10. The number of carbonyl (C=O) groups is 8. The van der Waals surface area contributed by atoms with Crippen LogP contribution in [-0.2, 0) is 38.4 Å². The van der Waals surface area contributed by atoms with Crippen molar-refractivity contribution in [2.75, 3.05) is 13.1 Å². The standard InChI is InChI=1S/C40H75N9O9/c1-12-25(10)32(42)39(57)48-30(19-23(6)7)38(56)47-29(18-22(4)5)37(55)46-28(17-21(2)3)36(54)45-27(15-13-14-16-41)35(53)49-33(24(8)9)40(58)44-26(11)34(52)43-20-31(50)51/h21-30,32-33H,12-20,41-42H2,1-11H3,(H,43,52)(H,44,58)(H,45,54)(H,46,55)(H,47,56)(H,48,57)(H,49,53)(H,50,51)/t25-,26-,27-,28-,29-,30-,32-,33-/m0/s1. The van der Waals surface area contributed by atoms with E-state index >= 15 is 0 Å². The topological polar surface area (TPSA) is 293 Å². The first-order valence-corrected chi connectivity index (χ1v) is 20.7. The van der Waals surface area contributed by atoms with E-state index in [1.165, 1.54) is 6.92 Å². The monoisotopic (exact) mass is 826 g/mol. The number of nitrogens with one attached hydrogen (secondary N) is 7. The van der Waals surface area contributed by atoms with Crippen LogP contribution in [0, 0.1) is 29.6 Å². The molecule has 334 valence electrons. The summed E-state index contributed by atoms with van der Waals surface area (Å²) in [5.41, 5.74) is 11.8. The summed E-state index contributed by atoms with van der Waals surface area (Å²) in [6.07, 6.45) is 2.54. The predicted octanol–water partition coefficient (Wildman–Crippen LogP) is 0.413. The lowest BCUT2D eigenvalue weighted by molar-refractivity contribution is -0.138. The molecule has 0 heterocycles. The Bertz CT molecular complexity index is 1360. The fourth-order valence-electron chi connectivity index (χ4n) is 5.94. The van der Waals surface area contributed by atoms with Gasteiger partial charge in [0, 0.05) is 0 Å². The molecule has 0 aromatic heterocycles. The maximum Gasteiger partial charge on any atom is 0.322 e. The average molecular weight is 826 g/mol. The highest BCUT2D eigenvalue weighted by molar-refractivity contribution is 5.97. The SMILES string of the molecule is CC[C@H](C)[C@H](N)C(=O)N[C@@H](CC(C)C)C(=O)N[C@@H](CC(C)C)C(=O)N[C@@H](CC(C)C)C(=O)N[C@@H](CCCCN)C(=O)N[C@H](C(=O)N[C@@H](C)C(=O)NCC(=O)O)C(C)C. The molecule has 0 aromatic rings. The third-order valence-corrected chi connectivity index (χ3v) is 9.57. The van der Waals surface area contributed by atoms with Gasteiger partial charge in [-0.1, -0.05) is 75.7 Å². The number of carboxylic acid groups (broad SMARTS) is 1. The van der Waals surface area contributed by atoms with Crippen LogP contribution in [0.2, 0.25) is 0 Å². The molecule has 0 spiro atoms. The molecule has 0 aliphatic carbocycles. The lowest BCUT2D eigenvalue weighted by Crippen LogP contribution is -2.60. The highest BCUT2D eigenvalue weighted by atomic mass is 16.4. The van der Waals surface area contributed by atoms with E-state index < -0.39 is 102 Å². The molecule has 0 saturated carbocycles. The van der Waals surface area contributed by atoms with Crippen molar-refractivity contribution >= 4 is 47.3 Å². The molecule has 0 radical (unpaired) electrons. The Morgan fingerprint density at radius 2 is 0.948 bits per heavy atom. The zero-order chi connectivity index (χ0) is 44.9. The zero-order valence-corrected chi connectivity index (χ0v) is 36.7. The second-order valence-corrected chi connectivity index (χ2v) is 16.9. The molecule has 0 aliphatic heterocycles. The van der Waals surface area contributed by atoms with Gasteiger partial charge in [0.05, 0.1) is 6.04 Å². The molecule has 0 unspecified atom stereocenters. The van der Waals surface area contributed by atoms with E-state index in [9.17, 15) is 38.4 Å². The van der Waals surface area contributed by atoms with Crippen molar-refractivity contribution in [1.29, 1.82) is 0 Å². The zero-order valence-electron chi connectivity index (χ0n) is 36.7. The van der Waals surface area contributed by atoms with Crippen LogP contribution in [0.3, 0.4) is 0 Å². The van der Waals surface area contributed by atoms with Gasteiger partial charge < -0.3 is 53.8 Å². The van der Waals surface area contributed by atoms with Gasteiger partial charge in [0.1, 0.15) is 42.8 Å². The van der Waals surface area contributed by atoms with Crippen LogP contribution in [-0.4, -0.2) is 108 Å². The van der Waals surface area contributed by atoms with Crippen LogP contribution in [0.1, 0.15) is 121 Å². The van der Waals surface area contributed by atoms with Gasteiger partial charge >= 0.3 is 5.97 Å². The molecule has 18 nitrogen and oxygen atoms in total. The third-order valence-electron chi connectivity index (χ3n) is 9.57. The molecule has 0 aromatic carbocycles. The van der Waals surface area contributed by atoms with Gasteiger partial charge in [0.15, 0.2) is 0 Å². The highest BCUT2D eigenvalue weighted by Crippen LogP contribution is 2.14. The summed E-state index contributed by atoms with van der Waals surface area (Å²) in [5.74, 6) is -6.31. The second kappa shape index (κ2) is 27.4. The average Bonchev–Trinajstić information content (AvgIpc) is 3.12. The van der Waals surface area contributed by atoms with E-state index in [2.05, 4.69) is 37.2 Å². The van der Waals surface area contributed by atoms with Crippen LogP contribution in [0.25, 0.3) is 0 Å². The molecular formula is C40H75N9O9. The molecule has 8 atom stereocenters. The van der Waals surface area contributed by atoms with Gasteiger partial charge in [-0.05, 0) is 81.6 Å². The van der Waals surface area contributed by atoms with E-state index in [0.29, 0.717) is 32.2 Å². The molecule has 0 saturated heterocycles. The highest BCUT2D eigenvalue weighted by Gasteiger charge is 2.35. The Kier molecular flexibility index (Phi) is 25.3. The summed E-state index contributed by atoms with van der Waals surface area (Å²) >= 11 is 0. The lowest BCUT2D eigenvalue weighted by atomic mass is 9.97. The van der Waals surface area contributed by atoms with Gasteiger partial charge in [0.25, 0.3) is 0 Å². The summed E-state index contributed by atoms with van der Waals surface area (Å²) in [6.45, 7) is 19.5. The molecular weight excluding hydrogens is 750 g/mol. The minimum absolute atomic E-state index is 0.0214. The Morgan fingerprint density at radius 3 is 1.33 bits per heavy atom. The maximum absolute atomic E-state index is 14.0. The normalized spacial score (nSPS) is 15.6. The minimum Gasteiger partial charge on any atom is -0.480 e. The summed E-state index contributed by atoms with van der Waals surface area (Å²) in [5, 5.41) is 27.3. The number of unbranched alkanes of at least 4 members (excludes halogenated alkanes) is 1. The Hall–Kier alpha value is -4.32. The molecule has 0 bridgehead atoms. The molecule has 0 rings (SSSR count). The van der Waals surface area contributed by atoms with Crippen LogP contribution in [0.4, 0.5) is 0 Å². The van der Waals surface area contributed by atoms with Crippen molar-refractivity contribution in [2.24, 2.45) is 41.1 Å². The maximum atomic E-state index is 14.0. The van der Waals surface area contributed by atoms with E-state index in [-0.39, 0.29) is 42.9 Å². The third kappa shape index (κ3) is 20.9. The predicted molar refractivity (Wildman–Crippen MR) is 221 cm³/mol. The summed E-state index contributed by atoms with van der Waals surface area (Å²) < 4.78 is 0. The van der Waals surface area contributed by atoms with Crippen LogP contribution in [0.15, 0.2) is 0 Å². The molecule has 7 amide bonds. The van der Waals surface area contributed by atoms with E-state index in [0.717, 1.165) is 0 Å². The molecule has 58 heavy (non-hydrogen) atoms. The van der Waals surface area contributed by atoms with E-state index in [1.54, 1.807) is 13.8 Å². The first kappa shape index (κ1) is 53.7. The number of hydrogen-bond donors (Lipinski definition) is 10. The van der Waals surface area contributed by atoms with Crippen molar-refractivity contribution in [3.63, 3.8) is 0 Å². The number of amides is 7. The first-order valence-electron chi connectivity index (χ1n) is 20.7. The van der Waals surface area contributed by atoms with Crippen LogP contribution < -0.4 is 48.7 Å². The van der Waals surface area contributed by atoms with Crippen molar-refractivity contribution in [3.05, 3.63) is 0 Å². The van der Waals surface area contributed by atoms with Gasteiger partial charge in [-0.15, -0.1) is 0 Å². The number of carbonyl (C=O) groups excluding carboxylic acids is 7. The van der Waals surface area contributed by atoms with Crippen molar-refractivity contribution < 1.29 is 43.5 Å². The second-order valence-electron chi connectivity index (χ2n) is 16.9. The number of carboxylic acids is 1. The van der Waals surface area contributed by atoms with Crippen LogP contribution >= 0.6 is 0 Å². The largest absolute Gasteiger partial charge is 0.480 e. The Labute approximate surface area is 345 Å². The van der Waals surface area contributed by atoms with Crippen molar-refractivity contribution in [2.45, 2.75) is 163 Å². The number of aliphatic carboxylic acids is 1. The van der Waals surface area contributed by atoms with Crippen LogP contribution in [0.5, 0.6) is 0 Å². The minimum atomic E-state index is -1.25. The van der Waals surface area contributed by atoms with Gasteiger partial charge in [-0.25, -0.2) is 0 Å². The summed E-state index contributed by atoms with van der Waals surface area (Å²) in [4.78, 5) is 105. The summed E-state index contributed by atoms with van der Waals surface area (Å²) in [7, 11) is 0. The fourth-order valence-corrected chi connectivity index (χ4v) is 5.94. The van der Waals surface area contributed by atoms with E-state index in [4.69, 9.17) is 16.6 Å². The molecule has 18 heteroatoms. The first-order chi connectivity index (χ1) is 26.9. The van der Waals surface area contributed by atoms with Crippen molar-refractivity contribution in [1.82, 2.24) is 37.2 Å². The van der Waals surface area contributed by atoms with E-state index in [1.807, 2.05) is 55.4 Å².